The SMILES string of the molecule is CC(=O)NC[C@H]1CN(c2ccc(N3C[C@@H]4C(NO)[C@@H]4C3)c(F)c2)C(=O)O1. The molecule has 1 saturated carbocycles. The lowest BCUT2D eigenvalue weighted by Gasteiger charge is -2.23. The molecule has 0 aromatic heterocycles. The average Bonchev–Trinajstić information content (AvgIpc) is 2.93. The summed E-state index contributed by atoms with van der Waals surface area (Å²) < 4.78 is 19.8. The van der Waals surface area contributed by atoms with Gasteiger partial charge in [0.05, 0.1) is 24.5 Å². The van der Waals surface area contributed by atoms with Gasteiger partial charge >= 0.3 is 6.09 Å². The standard InChI is InChI=1S/C17H21FN4O4/c1-9(23)19-5-11-6-22(17(24)26-11)10-2-3-15(14(18)4-10)21-7-12-13(8-21)16(12)20-25/h2-4,11-13,16,20,25H,5-8H2,1H3,(H,19,23)/t11-,12-,13+,16?/m0/s1. The number of carbonyl (C=O) groups is 2. The summed E-state index contributed by atoms with van der Waals surface area (Å²) in [6.07, 6.45) is -1.01. The molecule has 1 unspecified atom stereocenters. The highest BCUT2D eigenvalue weighted by Gasteiger charge is 2.56. The number of hydrogen-bond acceptors (Lipinski definition) is 6. The molecule has 0 radical (unpaired) electrons. The fourth-order valence-corrected chi connectivity index (χ4v) is 3.93. The molecule has 0 bridgehead atoms. The zero-order valence-electron chi connectivity index (χ0n) is 14.3. The van der Waals surface area contributed by atoms with Crippen LogP contribution < -0.4 is 20.6 Å². The molecule has 3 N–H and O–H groups in total. The molecule has 3 aliphatic rings. The van der Waals surface area contributed by atoms with Gasteiger partial charge in [0.25, 0.3) is 0 Å². The Balaban J connectivity index is 1.42. The van der Waals surface area contributed by atoms with Gasteiger partial charge < -0.3 is 20.2 Å². The summed E-state index contributed by atoms with van der Waals surface area (Å²) >= 11 is 0. The number of nitrogens with one attached hydrogen (secondary N) is 2. The smallest absolute Gasteiger partial charge is 0.414 e. The van der Waals surface area contributed by atoms with E-state index >= 15 is 0 Å². The predicted molar refractivity (Wildman–Crippen MR) is 90.6 cm³/mol. The van der Waals surface area contributed by atoms with Crippen LogP contribution in [0.5, 0.6) is 0 Å². The number of benzene rings is 1. The zero-order chi connectivity index (χ0) is 18.4. The molecule has 1 aromatic rings. The molecule has 1 aromatic carbocycles. The number of cyclic esters (lactones) is 1. The van der Waals surface area contributed by atoms with E-state index in [-0.39, 0.29) is 25.0 Å². The molecule has 2 amide bonds. The zero-order valence-corrected chi connectivity index (χ0v) is 14.3. The molecule has 1 aliphatic carbocycles. The van der Waals surface area contributed by atoms with E-state index in [0.29, 0.717) is 36.3 Å². The maximum Gasteiger partial charge on any atom is 0.414 e. The number of nitrogens with zero attached hydrogens (tertiary/aromatic N) is 2. The molecule has 0 spiro atoms. The maximum atomic E-state index is 14.6. The minimum atomic E-state index is -0.549. The van der Waals surface area contributed by atoms with Crippen molar-refractivity contribution in [3.63, 3.8) is 0 Å². The minimum absolute atomic E-state index is 0.119. The molecule has 2 heterocycles. The van der Waals surface area contributed by atoms with Crippen LogP contribution in [0.15, 0.2) is 18.2 Å². The lowest BCUT2D eigenvalue weighted by molar-refractivity contribution is -0.119. The average molecular weight is 364 g/mol. The number of ether oxygens (including phenoxy) is 1. The monoisotopic (exact) mass is 364 g/mol. The van der Waals surface area contributed by atoms with E-state index in [0.717, 1.165) is 0 Å². The van der Waals surface area contributed by atoms with E-state index in [2.05, 4.69) is 10.8 Å². The molecular formula is C17H21FN4O4. The summed E-state index contributed by atoms with van der Waals surface area (Å²) in [6, 6.07) is 4.83. The lowest BCUT2D eigenvalue weighted by atomic mass is 10.2. The quantitative estimate of drug-likeness (QED) is 0.666. The second-order valence-corrected chi connectivity index (χ2v) is 7.08. The summed E-state index contributed by atoms with van der Waals surface area (Å²) in [6.45, 7) is 3.28. The molecule has 140 valence electrons. The van der Waals surface area contributed by atoms with E-state index < -0.39 is 18.0 Å². The molecule has 3 fully saturated rings. The van der Waals surface area contributed by atoms with Gasteiger partial charge in [-0.1, -0.05) is 0 Å². The largest absolute Gasteiger partial charge is 0.442 e. The Morgan fingerprint density at radius 1 is 1.35 bits per heavy atom. The highest BCUT2D eigenvalue weighted by Crippen LogP contribution is 2.47. The van der Waals surface area contributed by atoms with Crippen LogP contribution in [0.3, 0.4) is 0 Å². The Labute approximate surface area is 149 Å². The van der Waals surface area contributed by atoms with E-state index in [1.165, 1.54) is 17.9 Å². The fourth-order valence-electron chi connectivity index (χ4n) is 3.93. The minimum Gasteiger partial charge on any atom is -0.442 e. The first-order valence-corrected chi connectivity index (χ1v) is 8.64. The third-order valence-electron chi connectivity index (χ3n) is 5.38. The van der Waals surface area contributed by atoms with Crippen molar-refractivity contribution in [3.05, 3.63) is 24.0 Å². The van der Waals surface area contributed by atoms with Crippen LogP contribution in [-0.2, 0) is 9.53 Å². The van der Waals surface area contributed by atoms with E-state index in [4.69, 9.17) is 9.94 Å². The van der Waals surface area contributed by atoms with Gasteiger partial charge in [0.15, 0.2) is 0 Å². The number of fused-ring (bicyclic) bond motifs is 1. The first-order chi connectivity index (χ1) is 12.5. The van der Waals surface area contributed by atoms with Crippen molar-refractivity contribution in [1.29, 1.82) is 0 Å². The highest BCUT2D eigenvalue weighted by atomic mass is 19.1. The Bertz CT molecular complexity index is 733. The molecule has 4 rings (SSSR count). The van der Waals surface area contributed by atoms with Gasteiger partial charge in [-0.2, -0.15) is 0 Å². The Hall–Kier alpha value is -2.39. The van der Waals surface area contributed by atoms with Crippen molar-refractivity contribution in [2.24, 2.45) is 11.8 Å². The van der Waals surface area contributed by atoms with Gasteiger partial charge in [-0.15, -0.1) is 0 Å². The summed E-state index contributed by atoms with van der Waals surface area (Å²) in [5.41, 5.74) is 3.23. The van der Waals surface area contributed by atoms with Crippen LogP contribution in [0.4, 0.5) is 20.6 Å². The van der Waals surface area contributed by atoms with Crippen LogP contribution in [0.2, 0.25) is 0 Å². The van der Waals surface area contributed by atoms with Crippen molar-refractivity contribution < 1.29 is 23.9 Å². The predicted octanol–water partition coefficient (Wildman–Crippen LogP) is 0.700. The van der Waals surface area contributed by atoms with Gasteiger partial charge in [0, 0.05) is 37.9 Å². The van der Waals surface area contributed by atoms with Gasteiger partial charge in [-0.25, -0.2) is 14.7 Å². The van der Waals surface area contributed by atoms with Gasteiger partial charge in [0.1, 0.15) is 11.9 Å². The number of halogens is 1. The number of amides is 2. The summed E-state index contributed by atoms with van der Waals surface area (Å²) in [5.74, 6) is 0.108. The Morgan fingerprint density at radius 2 is 2.08 bits per heavy atom. The number of anilines is 2. The lowest BCUT2D eigenvalue weighted by Crippen LogP contribution is -2.33. The van der Waals surface area contributed by atoms with Crippen molar-refractivity contribution in [3.8, 4) is 0 Å². The Kier molecular flexibility index (Phi) is 4.20. The third kappa shape index (κ3) is 2.97. The summed E-state index contributed by atoms with van der Waals surface area (Å²) in [5, 5.41) is 11.6. The third-order valence-corrected chi connectivity index (χ3v) is 5.38. The molecule has 2 saturated heterocycles. The van der Waals surface area contributed by atoms with Crippen LogP contribution in [-0.4, -0.2) is 55.5 Å². The molecule has 26 heavy (non-hydrogen) atoms. The normalized spacial score (nSPS) is 29.6. The van der Waals surface area contributed by atoms with Crippen molar-refractivity contribution in [1.82, 2.24) is 10.8 Å². The maximum absolute atomic E-state index is 14.6. The topological polar surface area (TPSA) is 94.1 Å². The van der Waals surface area contributed by atoms with Crippen LogP contribution in [0, 0.1) is 17.7 Å². The van der Waals surface area contributed by atoms with Crippen molar-refractivity contribution in [2.45, 2.75) is 19.1 Å². The molecule has 8 nitrogen and oxygen atoms in total. The number of hydrogen-bond donors (Lipinski definition) is 3. The molecule has 9 heteroatoms. The highest BCUT2D eigenvalue weighted by molar-refractivity contribution is 5.90. The molecular weight excluding hydrogens is 343 g/mol. The second kappa shape index (κ2) is 6.40. The Morgan fingerprint density at radius 3 is 2.69 bits per heavy atom. The number of carbonyl (C=O) groups excluding carboxylic acids is 2. The van der Waals surface area contributed by atoms with E-state index in [9.17, 15) is 14.0 Å². The number of hydroxylamine groups is 1. The van der Waals surface area contributed by atoms with Gasteiger partial charge in [-0.05, 0) is 18.2 Å². The van der Waals surface area contributed by atoms with Crippen molar-refractivity contribution >= 4 is 23.4 Å². The van der Waals surface area contributed by atoms with Gasteiger partial charge in [0.2, 0.25) is 5.91 Å². The molecule has 4 atom stereocenters. The van der Waals surface area contributed by atoms with Crippen LogP contribution in [0.1, 0.15) is 6.92 Å². The fraction of sp³-hybridized carbons (Fsp3) is 0.529. The van der Waals surface area contributed by atoms with Crippen molar-refractivity contribution in [2.75, 3.05) is 36.0 Å². The molecule has 2 aliphatic heterocycles. The first kappa shape index (κ1) is 17.0. The summed E-state index contributed by atoms with van der Waals surface area (Å²) in [4.78, 5) is 26.3. The summed E-state index contributed by atoms with van der Waals surface area (Å²) in [7, 11) is 0. The van der Waals surface area contributed by atoms with E-state index in [1.807, 2.05) is 4.90 Å². The number of rotatable bonds is 5. The van der Waals surface area contributed by atoms with Crippen LogP contribution in [0.25, 0.3) is 0 Å². The van der Waals surface area contributed by atoms with E-state index in [1.54, 1.807) is 12.1 Å². The first-order valence-electron chi connectivity index (χ1n) is 8.64. The van der Waals surface area contributed by atoms with Gasteiger partial charge in [-0.3, -0.25) is 9.69 Å². The second-order valence-electron chi connectivity index (χ2n) is 7.08. The van der Waals surface area contributed by atoms with Crippen LogP contribution >= 0.6 is 0 Å². The number of piperidine rings is 1.